The second-order valence-electron chi connectivity index (χ2n) is 7.19. The number of hydrogen-bond donors (Lipinski definition) is 0. The quantitative estimate of drug-likeness (QED) is 0.315. The van der Waals surface area contributed by atoms with Gasteiger partial charge in [-0.15, -0.1) is 0 Å². The minimum absolute atomic E-state index is 0. The molecule has 2 aromatic carbocycles. The molecular formula is C23H33F5O2S. The smallest absolute Gasteiger partial charge is 0.321 e. The minimum Gasteiger partial charge on any atom is -0.386 e. The summed E-state index contributed by atoms with van der Waals surface area (Å²) in [5, 5.41) is 0. The molecule has 0 aliphatic heterocycles. The number of aryl methyl sites for hydroxylation is 1. The van der Waals surface area contributed by atoms with E-state index in [1.165, 1.54) is 42.4 Å². The molecule has 0 saturated heterocycles. The Morgan fingerprint density at radius 1 is 0.871 bits per heavy atom. The number of carbonyl (C=O) groups excluding carboxylic acids is 1. The molecule has 0 radical (unpaired) electrons. The van der Waals surface area contributed by atoms with E-state index in [9.17, 15) is 4.79 Å². The van der Waals surface area contributed by atoms with Crippen LogP contribution in [0.15, 0.2) is 59.5 Å². The summed E-state index contributed by atoms with van der Waals surface area (Å²) in [5.74, 6) is 0.569. The Bertz CT molecular complexity index is 693. The normalized spacial score (nSPS) is 16.7. The molecule has 0 heterocycles. The predicted molar refractivity (Wildman–Crippen MR) is 121 cm³/mol. The summed E-state index contributed by atoms with van der Waals surface area (Å²) in [7, 11) is 0. The fourth-order valence-electron chi connectivity index (χ4n) is 3.63. The first-order valence-corrected chi connectivity index (χ1v) is 10.5. The van der Waals surface area contributed by atoms with Crippen molar-refractivity contribution in [2.45, 2.75) is 62.7 Å². The van der Waals surface area contributed by atoms with Gasteiger partial charge in [-0.1, -0.05) is 55.8 Å². The zero-order chi connectivity index (χ0) is 18.2. The molecule has 0 unspecified atom stereocenters. The molecule has 1 saturated carbocycles. The second kappa shape index (κ2) is 17.6. The van der Waals surface area contributed by atoms with E-state index in [0.717, 1.165) is 30.6 Å². The molecule has 1 aliphatic rings. The fraction of sp³-hybridized carbons (Fsp3) is 0.435. The van der Waals surface area contributed by atoms with Crippen molar-refractivity contribution in [2.24, 2.45) is 5.92 Å². The molecule has 1 fully saturated rings. The largest absolute Gasteiger partial charge is 0.386 e. The van der Waals surface area contributed by atoms with E-state index >= 15 is 0 Å². The van der Waals surface area contributed by atoms with E-state index in [-0.39, 0.29) is 35.4 Å². The first kappa shape index (κ1) is 33.5. The minimum atomic E-state index is -0.0628. The Morgan fingerprint density at radius 3 is 2.00 bits per heavy atom. The highest BCUT2D eigenvalue weighted by molar-refractivity contribution is 7.95. The summed E-state index contributed by atoms with van der Waals surface area (Å²) in [5.41, 5.74) is 2.86. The van der Waals surface area contributed by atoms with E-state index < -0.39 is 0 Å². The summed E-state index contributed by atoms with van der Waals surface area (Å²) >= 11 is 1.18. The maximum Gasteiger partial charge on any atom is 0.321 e. The molecule has 0 spiro atoms. The summed E-state index contributed by atoms with van der Waals surface area (Å²) < 4.78 is 5.44. The molecule has 2 aromatic rings. The highest BCUT2D eigenvalue weighted by Gasteiger charge is 2.28. The second-order valence-corrected chi connectivity index (χ2v) is 8.00. The lowest BCUT2D eigenvalue weighted by molar-refractivity contribution is -0.138. The molecule has 0 N–H and O–H groups in total. The molecule has 2 nitrogen and oxygen atoms in total. The van der Waals surface area contributed by atoms with Crippen LogP contribution >= 0.6 is 12.0 Å². The van der Waals surface area contributed by atoms with Crippen LogP contribution in [0.2, 0.25) is 0 Å². The Morgan fingerprint density at radius 2 is 1.45 bits per heavy atom. The van der Waals surface area contributed by atoms with Crippen LogP contribution in [0.1, 0.15) is 62.5 Å². The summed E-state index contributed by atoms with van der Waals surface area (Å²) in [6, 6.07) is 18.9. The van der Waals surface area contributed by atoms with Gasteiger partial charge in [0.2, 0.25) is 0 Å². The zero-order valence-corrected chi connectivity index (χ0v) is 18.4. The van der Waals surface area contributed by atoms with Gasteiger partial charge in [0.25, 0.3) is 0 Å². The molecule has 3 rings (SSSR count). The van der Waals surface area contributed by atoms with Crippen molar-refractivity contribution < 1.29 is 32.5 Å². The van der Waals surface area contributed by atoms with E-state index in [0.29, 0.717) is 5.92 Å². The number of halogens is 5. The molecule has 8 heteroatoms. The lowest BCUT2D eigenvalue weighted by atomic mass is 9.78. The summed E-state index contributed by atoms with van der Waals surface area (Å²) in [4.78, 5) is 13.3. The Kier molecular flexibility index (Phi) is 19.0. The van der Waals surface area contributed by atoms with E-state index in [4.69, 9.17) is 4.18 Å². The van der Waals surface area contributed by atoms with Gasteiger partial charge in [0.15, 0.2) is 0 Å². The third kappa shape index (κ3) is 10.2. The van der Waals surface area contributed by atoms with Crippen molar-refractivity contribution in [1.82, 2.24) is 0 Å². The average Bonchev–Trinajstić information content (AvgIpc) is 2.72. The van der Waals surface area contributed by atoms with Crippen molar-refractivity contribution >= 4 is 18.0 Å². The molecule has 178 valence electrons. The number of rotatable bonds is 7. The molecule has 0 bridgehead atoms. The predicted octanol–water partition coefficient (Wildman–Crippen LogP) is 7.32. The van der Waals surface area contributed by atoms with Gasteiger partial charge in [-0.05, 0) is 67.7 Å². The van der Waals surface area contributed by atoms with Gasteiger partial charge in [0.1, 0.15) is 0 Å². The van der Waals surface area contributed by atoms with Crippen molar-refractivity contribution in [1.29, 1.82) is 0 Å². The molecule has 0 atom stereocenters. The first-order valence-electron chi connectivity index (χ1n) is 9.78. The van der Waals surface area contributed by atoms with Crippen molar-refractivity contribution in [3.05, 3.63) is 65.7 Å². The number of carbonyl (C=O) groups is 1. The molecule has 0 aromatic heterocycles. The average molecular weight is 469 g/mol. The van der Waals surface area contributed by atoms with Crippen LogP contribution in [-0.2, 0) is 15.4 Å². The van der Waals surface area contributed by atoms with Gasteiger partial charge in [-0.2, -0.15) is 0 Å². The molecule has 31 heavy (non-hydrogen) atoms. The van der Waals surface area contributed by atoms with E-state index in [2.05, 4.69) is 31.2 Å². The van der Waals surface area contributed by atoms with Gasteiger partial charge in [0, 0.05) is 4.90 Å². The zero-order valence-electron chi connectivity index (χ0n) is 17.6. The standard InChI is InChI=1S/C23H28O2S.5FH/c1-2-3-7-18-10-12-19(13-11-18)20-14-16-21(17-15-20)23(24)25-26-22-8-5-4-6-9-22;;;;;/h4-6,8-13,20-21H,2-3,7,14-17H2,1H3;5*1H. The van der Waals surface area contributed by atoms with Gasteiger partial charge < -0.3 is 4.18 Å². The van der Waals surface area contributed by atoms with Crippen LogP contribution in [0.25, 0.3) is 0 Å². The Balaban J connectivity index is -0.00000157. The topological polar surface area (TPSA) is 26.3 Å². The maximum atomic E-state index is 12.3. The van der Waals surface area contributed by atoms with Gasteiger partial charge >= 0.3 is 5.97 Å². The van der Waals surface area contributed by atoms with Crippen LogP contribution in [0.4, 0.5) is 23.5 Å². The van der Waals surface area contributed by atoms with Crippen molar-refractivity contribution in [2.75, 3.05) is 0 Å². The summed E-state index contributed by atoms with van der Waals surface area (Å²) in [6.07, 6.45) is 7.67. The van der Waals surface area contributed by atoms with Crippen LogP contribution in [0.3, 0.4) is 0 Å². The number of hydrogen-bond acceptors (Lipinski definition) is 3. The summed E-state index contributed by atoms with van der Waals surface area (Å²) in [6.45, 7) is 2.23. The van der Waals surface area contributed by atoms with Crippen LogP contribution in [-0.4, -0.2) is 5.97 Å². The maximum absolute atomic E-state index is 12.3. The van der Waals surface area contributed by atoms with Crippen LogP contribution < -0.4 is 0 Å². The highest BCUT2D eigenvalue weighted by Crippen LogP contribution is 2.37. The third-order valence-electron chi connectivity index (χ3n) is 5.29. The number of unbranched alkanes of at least 4 members (excludes halogenated alkanes) is 1. The van der Waals surface area contributed by atoms with Gasteiger partial charge in [-0.3, -0.25) is 28.3 Å². The molecule has 0 amide bonds. The lowest BCUT2D eigenvalue weighted by Crippen LogP contribution is -2.21. The van der Waals surface area contributed by atoms with Crippen molar-refractivity contribution in [3.8, 4) is 0 Å². The Hall–Kier alpha value is -2.09. The van der Waals surface area contributed by atoms with Crippen molar-refractivity contribution in [3.63, 3.8) is 0 Å². The van der Waals surface area contributed by atoms with Crippen LogP contribution in [0.5, 0.6) is 0 Å². The van der Waals surface area contributed by atoms with E-state index in [1.54, 1.807) is 0 Å². The first-order chi connectivity index (χ1) is 12.8. The van der Waals surface area contributed by atoms with Gasteiger partial charge in [-0.25, -0.2) is 0 Å². The molecular weight excluding hydrogens is 435 g/mol. The lowest BCUT2D eigenvalue weighted by Gasteiger charge is -2.27. The fourth-order valence-corrected chi connectivity index (χ4v) is 4.22. The van der Waals surface area contributed by atoms with Gasteiger partial charge in [0.05, 0.1) is 18.0 Å². The van der Waals surface area contributed by atoms with E-state index in [1.807, 2.05) is 30.3 Å². The SMILES string of the molecule is CCCCc1ccc(C2CCC(C(=O)OSc3ccccc3)CC2)cc1.F.F.F.F.F. The third-order valence-corrected chi connectivity index (χ3v) is 6.01. The Labute approximate surface area is 185 Å². The van der Waals surface area contributed by atoms with Crippen LogP contribution in [0, 0.1) is 5.92 Å². The monoisotopic (exact) mass is 468 g/mol. The number of benzene rings is 2. The molecule has 1 aliphatic carbocycles. The highest BCUT2D eigenvalue weighted by atomic mass is 32.2.